The van der Waals surface area contributed by atoms with Crippen LogP contribution < -0.4 is 5.32 Å². The van der Waals surface area contributed by atoms with E-state index in [0.717, 1.165) is 89.9 Å². The number of allylic oxidation sites excluding steroid dienone is 11. The number of rotatable bonds is 65. The van der Waals surface area contributed by atoms with Gasteiger partial charge in [-0.1, -0.05) is 318 Å². The van der Waals surface area contributed by atoms with Gasteiger partial charge in [-0.15, -0.1) is 0 Å². The Morgan fingerprint density at radius 3 is 1.19 bits per heavy atom. The average Bonchev–Trinajstić information content (AvgIpc) is 2.24. The van der Waals surface area contributed by atoms with E-state index in [0.29, 0.717) is 19.3 Å². The minimum atomic E-state index is -1.62. The highest BCUT2D eigenvalue weighted by Gasteiger charge is 2.47. The van der Waals surface area contributed by atoms with E-state index in [-0.39, 0.29) is 13.0 Å². The Hall–Kier alpha value is -2.90. The standard InChI is InChI=1S/C78H141NO10/c1-4-7-10-13-16-19-22-25-27-29-31-33-34-35-36-37-39-40-42-44-47-50-53-56-59-62-65-71(82)77(86)79-69(70(81)64-61-58-55-52-49-46-24-21-18-15-12-9-6-3)68-87-78-76(75(85)74(84)72(67-80)88-78)89-73(83)66-63-60-57-54-51-48-45-43-41-38-32-30-28-26-23-20-17-14-11-8-5-2/h17,20,25-28,32,38,43,45,61,64,69-72,74-76,78,80-82,84-85H,4-16,18-19,21-24,29-31,33-37,39-42,44,46-60,62-63,65-68H2,1-3H3,(H,79,86)/b20-17-,27-25+,28-26-,38-32-,45-43-,64-61+. The van der Waals surface area contributed by atoms with Gasteiger partial charge in [0.1, 0.15) is 24.4 Å². The van der Waals surface area contributed by atoms with Crippen molar-refractivity contribution in [2.75, 3.05) is 13.2 Å². The second-order valence-electron chi connectivity index (χ2n) is 26.0. The molecule has 8 atom stereocenters. The molecule has 1 heterocycles. The second-order valence-corrected chi connectivity index (χ2v) is 26.0. The molecule has 518 valence electrons. The van der Waals surface area contributed by atoms with Crippen molar-refractivity contribution in [2.24, 2.45) is 0 Å². The minimum Gasteiger partial charge on any atom is -0.454 e. The molecule has 1 aliphatic rings. The van der Waals surface area contributed by atoms with Gasteiger partial charge < -0.3 is 45.1 Å². The van der Waals surface area contributed by atoms with E-state index in [1.165, 1.54) is 212 Å². The van der Waals surface area contributed by atoms with Crippen LogP contribution in [0.1, 0.15) is 348 Å². The highest BCUT2D eigenvalue weighted by molar-refractivity contribution is 5.80. The first-order valence-corrected chi connectivity index (χ1v) is 37.7. The maximum atomic E-state index is 13.5. The topological polar surface area (TPSA) is 175 Å². The first-order valence-electron chi connectivity index (χ1n) is 37.7. The summed E-state index contributed by atoms with van der Waals surface area (Å²) in [5.74, 6) is -1.20. The maximum absolute atomic E-state index is 13.5. The fraction of sp³-hybridized carbons (Fsp3) is 0.821. The van der Waals surface area contributed by atoms with Crippen LogP contribution in [0.25, 0.3) is 0 Å². The van der Waals surface area contributed by atoms with Gasteiger partial charge in [0.05, 0.1) is 25.4 Å². The maximum Gasteiger partial charge on any atom is 0.306 e. The molecule has 1 aliphatic heterocycles. The van der Waals surface area contributed by atoms with E-state index in [1.54, 1.807) is 6.08 Å². The highest BCUT2D eigenvalue weighted by atomic mass is 16.7. The number of hydrogen-bond acceptors (Lipinski definition) is 10. The Morgan fingerprint density at radius 1 is 0.438 bits per heavy atom. The highest BCUT2D eigenvalue weighted by Crippen LogP contribution is 2.26. The van der Waals surface area contributed by atoms with Crippen LogP contribution in [0.2, 0.25) is 0 Å². The van der Waals surface area contributed by atoms with Crippen LogP contribution in [-0.2, 0) is 23.8 Å². The van der Waals surface area contributed by atoms with Crippen molar-refractivity contribution < 1.29 is 49.3 Å². The number of esters is 1. The van der Waals surface area contributed by atoms with Gasteiger partial charge in [0.2, 0.25) is 5.91 Å². The predicted molar refractivity (Wildman–Crippen MR) is 375 cm³/mol. The summed E-state index contributed by atoms with van der Waals surface area (Å²) in [6, 6.07) is -1.03. The molecule has 0 saturated carbocycles. The zero-order chi connectivity index (χ0) is 64.6. The van der Waals surface area contributed by atoms with Crippen molar-refractivity contribution in [1.82, 2.24) is 5.32 Å². The predicted octanol–water partition coefficient (Wildman–Crippen LogP) is 19.9. The summed E-state index contributed by atoms with van der Waals surface area (Å²) in [6.45, 7) is 5.80. The quantitative estimate of drug-likeness (QED) is 0.0195. The molecule has 11 heteroatoms. The summed E-state index contributed by atoms with van der Waals surface area (Å²) < 4.78 is 17.7. The molecule has 1 rings (SSSR count). The summed E-state index contributed by atoms with van der Waals surface area (Å²) in [4.78, 5) is 26.7. The number of carbonyl (C=O) groups is 2. The van der Waals surface area contributed by atoms with E-state index in [1.807, 2.05) is 6.08 Å². The molecule has 1 saturated heterocycles. The molecule has 1 fully saturated rings. The Labute approximate surface area is 547 Å². The molecule has 0 aromatic carbocycles. The van der Waals surface area contributed by atoms with Gasteiger partial charge in [-0.2, -0.15) is 0 Å². The minimum absolute atomic E-state index is 0.102. The van der Waals surface area contributed by atoms with Gasteiger partial charge in [-0.3, -0.25) is 9.59 Å². The zero-order valence-corrected chi connectivity index (χ0v) is 57.8. The van der Waals surface area contributed by atoms with Crippen molar-refractivity contribution in [3.05, 3.63) is 72.9 Å². The monoisotopic (exact) mass is 1250 g/mol. The molecule has 8 unspecified atom stereocenters. The zero-order valence-electron chi connectivity index (χ0n) is 57.8. The van der Waals surface area contributed by atoms with Crippen LogP contribution >= 0.6 is 0 Å². The fourth-order valence-electron chi connectivity index (χ4n) is 11.6. The van der Waals surface area contributed by atoms with E-state index in [9.17, 15) is 35.1 Å². The third-order valence-electron chi connectivity index (χ3n) is 17.6. The van der Waals surface area contributed by atoms with Crippen LogP contribution in [0, 0.1) is 0 Å². The van der Waals surface area contributed by atoms with E-state index >= 15 is 0 Å². The third kappa shape index (κ3) is 52.2. The molecule has 1 amide bonds. The SMILES string of the molecule is CCCCC/C=C\C/C=C\C/C=C\C/C=C\CCCCCCCC(=O)OC1C(OCC(NC(=O)C(O)CCCCCCCCCCCCCCCCCC/C=C/CCCCCCCC)C(O)/C=C/CCCCCCCCCCCCC)OC(CO)C(O)C1O. The average molecular weight is 1250 g/mol. The van der Waals surface area contributed by atoms with Gasteiger partial charge in [-0.05, 0) is 96.3 Å². The number of nitrogens with one attached hydrogen (secondary N) is 1. The van der Waals surface area contributed by atoms with E-state index < -0.39 is 67.4 Å². The smallest absolute Gasteiger partial charge is 0.306 e. The molecule has 0 aromatic rings. The lowest BCUT2D eigenvalue weighted by molar-refractivity contribution is -0.305. The molecule has 0 aliphatic carbocycles. The van der Waals surface area contributed by atoms with E-state index in [2.05, 4.69) is 86.8 Å². The first kappa shape index (κ1) is 84.1. The lowest BCUT2D eigenvalue weighted by Crippen LogP contribution is -2.61. The summed E-state index contributed by atoms with van der Waals surface area (Å²) in [6.07, 6.45) is 75.2. The van der Waals surface area contributed by atoms with Gasteiger partial charge >= 0.3 is 5.97 Å². The Kier molecular flexibility index (Phi) is 61.6. The van der Waals surface area contributed by atoms with Crippen LogP contribution in [-0.4, -0.2) is 99.6 Å². The van der Waals surface area contributed by atoms with Crippen LogP contribution in [0.15, 0.2) is 72.9 Å². The Balaban J connectivity index is 2.56. The number of carbonyl (C=O) groups excluding carboxylic acids is 2. The number of hydrogen-bond donors (Lipinski definition) is 6. The largest absolute Gasteiger partial charge is 0.454 e. The molecule has 6 N–H and O–H groups in total. The first-order chi connectivity index (χ1) is 43.7. The molecule has 0 bridgehead atoms. The summed E-state index contributed by atoms with van der Waals surface area (Å²) in [5, 5.41) is 57.4. The molecular formula is C78H141NO10. The number of unbranched alkanes of at least 4 members (excludes halogenated alkanes) is 41. The second kappa shape index (κ2) is 65.2. The molecule has 0 aromatic heterocycles. The van der Waals surface area contributed by atoms with Crippen molar-refractivity contribution in [1.29, 1.82) is 0 Å². The van der Waals surface area contributed by atoms with Gasteiger partial charge in [0.25, 0.3) is 0 Å². The van der Waals surface area contributed by atoms with E-state index in [4.69, 9.17) is 14.2 Å². The Bertz CT molecular complexity index is 1730. The van der Waals surface area contributed by atoms with Crippen LogP contribution in [0.5, 0.6) is 0 Å². The molecule has 89 heavy (non-hydrogen) atoms. The van der Waals surface area contributed by atoms with Crippen LogP contribution in [0.4, 0.5) is 0 Å². The lowest BCUT2D eigenvalue weighted by Gasteiger charge is -2.41. The number of ether oxygens (including phenoxy) is 3. The Morgan fingerprint density at radius 2 is 0.775 bits per heavy atom. The lowest BCUT2D eigenvalue weighted by atomic mass is 9.99. The molecule has 0 radical (unpaired) electrons. The van der Waals surface area contributed by atoms with Crippen molar-refractivity contribution in [3.63, 3.8) is 0 Å². The summed E-state index contributed by atoms with van der Waals surface area (Å²) in [5.41, 5.74) is 0. The summed E-state index contributed by atoms with van der Waals surface area (Å²) >= 11 is 0. The normalized spacial score (nSPS) is 18.5. The van der Waals surface area contributed by atoms with Gasteiger partial charge in [0, 0.05) is 6.42 Å². The summed E-state index contributed by atoms with van der Waals surface area (Å²) in [7, 11) is 0. The van der Waals surface area contributed by atoms with Crippen LogP contribution in [0.3, 0.4) is 0 Å². The number of aliphatic hydroxyl groups excluding tert-OH is 5. The fourth-order valence-corrected chi connectivity index (χ4v) is 11.6. The third-order valence-corrected chi connectivity index (χ3v) is 17.6. The van der Waals surface area contributed by atoms with Gasteiger partial charge in [0.15, 0.2) is 12.4 Å². The van der Waals surface area contributed by atoms with Crippen molar-refractivity contribution in [3.8, 4) is 0 Å². The number of aliphatic hydroxyl groups is 5. The molecule has 11 nitrogen and oxygen atoms in total. The van der Waals surface area contributed by atoms with Gasteiger partial charge in [-0.25, -0.2) is 0 Å². The number of amides is 1. The molecule has 0 spiro atoms. The van der Waals surface area contributed by atoms with Crippen molar-refractivity contribution >= 4 is 11.9 Å². The van der Waals surface area contributed by atoms with Crippen molar-refractivity contribution in [2.45, 2.75) is 397 Å². The molecular weight excluding hydrogens is 1110 g/mol.